The second kappa shape index (κ2) is 4.87. The summed E-state index contributed by atoms with van der Waals surface area (Å²) in [5, 5.41) is 23.8. The van der Waals surface area contributed by atoms with Gasteiger partial charge >= 0.3 is 0 Å². The lowest BCUT2D eigenvalue weighted by Gasteiger charge is -2.10. The molecule has 0 aliphatic rings. The monoisotopic (exact) mass is 218 g/mol. The van der Waals surface area contributed by atoms with Crippen molar-refractivity contribution in [2.75, 3.05) is 6.61 Å². The number of ether oxygens (including phenoxy) is 1. The van der Waals surface area contributed by atoms with E-state index in [9.17, 15) is 5.11 Å². The first-order valence-corrected chi connectivity index (χ1v) is 4.50. The predicted octanol–water partition coefficient (Wildman–Crippen LogP) is -0.331. The third-order valence-corrected chi connectivity index (χ3v) is 1.66. The summed E-state index contributed by atoms with van der Waals surface area (Å²) in [6.45, 7) is -0.154. The molecular formula is C9H8N5O2-. The molecule has 0 bridgehead atoms. The zero-order valence-electron chi connectivity index (χ0n) is 8.20. The number of nitrogens with zero attached hydrogens (tertiary/aromatic N) is 4. The topological polar surface area (TPSA) is 99.1 Å². The van der Waals surface area contributed by atoms with E-state index in [0.717, 1.165) is 0 Å². The van der Waals surface area contributed by atoms with Crippen LogP contribution in [0.15, 0.2) is 35.3 Å². The molecule has 1 aromatic heterocycles. The molecule has 0 aliphatic heterocycles. The van der Waals surface area contributed by atoms with Gasteiger partial charge < -0.3 is 9.84 Å². The number of H-pyrrole nitrogens is 1. The average molecular weight is 218 g/mol. The van der Waals surface area contributed by atoms with Crippen LogP contribution in [0, 0.1) is 0 Å². The van der Waals surface area contributed by atoms with Crippen molar-refractivity contribution in [3.8, 4) is 5.75 Å². The van der Waals surface area contributed by atoms with E-state index in [0.29, 0.717) is 5.75 Å². The first-order chi connectivity index (χ1) is 7.84. The molecule has 2 aromatic rings. The normalized spacial score (nSPS) is 11.4. The van der Waals surface area contributed by atoms with E-state index >= 15 is 0 Å². The molecule has 0 aliphatic carbocycles. The maximum atomic E-state index is 11.3. The lowest BCUT2D eigenvalue weighted by atomic mass is 10.3. The largest absolute Gasteiger partial charge is 0.859 e. The highest BCUT2D eigenvalue weighted by molar-refractivity contribution is 5.75. The quantitative estimate of drug-likeness (QED) is 0.559. The summed E-state index contributed by atoms with van der Waals surface area (Å²) in [4.78, 5) is 3.55. The molecule has 1 heterocycles. The van der Waals surface area contributed by atoms with Gasteiger partial charge in [0, 0.05) is 5.90 Å². The SMILES string of the molecule is [O-]C(COc1ccccc1)=Nc1nn[nH]n1. The Morgan fingerprint density at radius 1 is 1.38 bits per heavy atom. The van der Waals surface area contributed by atoms with Crippen LogP contribution in [0.25, 0.3) is 0 Å². The number of nitrogens with one attached hydrogen (secondary N) is 1. The summed E-state index contributed by atoms with van der Waals surface area (Å²) in [7, 11) is 0. The summed E-state index contributed by atoms with van der Waals surface area (Å²) in [5.74, 6) is 0.145. The highest BCUT2D eigenvalue weighted by Gasteiger charge is 1.94. The fraction of sp³-hybridized carbons (Fsp3) is 0.111. The van der Waals surface area contributed by atoms with Crippen molar-refractivity contribution < 1.29 is 9.84 Å². The molecule has 16 heavy (non-hydrogen) atoms. The van der Waals surface area contributed by atoms with Crippen LogP contribution in [0.2, 0.25) is 0 Å². The Balaban J connectivity index is 1.91. The molecule has 1 N–H and O–H groups in total. The standard InChI is InChI=1S/C9H9N5O2/c15-8(10-9-11-13-14-12-9)6-16-7-4-2-1-3-5-7/h1-5H,6H2,(H2,10,11,12,13,14,15)/p-1. The second-order valence-electron chi connectivity index (χ2n) is 2.82. The second-order valence-corrected chi connectivity index (χ2v) is 2.82. The van der Waals surface area contributed by atoms with Gasteiger partial charge in [0.2, 0.25) is 0 Å². The Kier molecular flexibility index (Phi) is 3.07. The number of hydrogen-bond acceptors (Lipinski definition) is 6. The Bertz CT molecular complexity index is 454. The van der Waals surface area contributed by atoms with Crippen molar-refractivity contribution in [2.24, 2.45) is 4.99 Å². The summed E-state index contributed by atoms with van der Waals surface area (Å²) in [6, 6.07) is 8.99. The molecule has 0 saturated heterocycles. The number of benzene rings is 1. The molecule has 0 radical (unpaired) electrons. The van der Waals surface area contributed by atoms with Crippen molar-refractivity contribution >= 4 is 11.8 Å². The van der Waals surface area contributed by atoms with Gasteiger partial charge in [0.25, 0.3) is 5.95 Å². The van der Waals surface area contributed by atoms with E-state index in [4.69, 9.17) is 4.74 Å². The first-order valence-electron chi connectivity index (χ1n) is 4.50. The van der Waals surface area contributed by atoms with Crippen molar-refractivity contribution in [1.29, 1.82) is 0 Å². The minimum absolute atomic E-state index is 0.00154. The molecule has 7 nitrogen and oxygen atoms in total. The van der Waals surface area contributed by atoms with Crippen LogP contribution in [-0.2, 0) is 0 Å². The minimum Gasteiger partial charge on any atom is -0.859 e. The van der Waals surface area contributed by atoms with Crippen LogP contribution in [0.1, 0.15) is 0 Å². The van der Waals surface area contributed by atoms with E-state index < -0.39 is 5.90 Å². The summed E-state index contributed by atoms with van der Waals surface area (Å²) >= 11 is 0. The van der Waals surface area contributed by atoms with Gasteiger partial charge in [-0.15, -0.1) is 5.10 Å². The third kappa shape index (κ3) is 2.77. The molecule has 0 spiro atoms. The van der Waals surface area contributed by atoms with Gasteiger partial charge in [-0.05, 0) is 17.3 Å². The van der Waals surface area contributed by atoms with Gasteiger partial charge in [0.05, 0.1) is 0 Å². The average Bonchev–Trinajstić information content (AvgIpc) is 2.81. The van der Waals surface area contributed by atoms with Crippen LogP contribution in [0.4, 0.5) is 5.95 Å². The molecule has 0 fully saturated rings. The van der Waals surface area contributed by atoms with Gasteiger partial charge in [0.1, 0.15) is 12.4 Å². The number of aromatic amines is 1. The molecule has 0 unspecified atom stereocenters. The Morgan fingerprint density at radius 3 is 2.88 bits per heavy atom. The lowest BCUT2D eigenvalue weighted by molar-refractivity contribution is -0.220. The van der Waals surface area contributed by atoms with Gasteiger partial charge in [-0.1, -0.05) is 23.3 Å². The van der Waals surface area contributed by atoms with Crippen molar-refractivity contribution in [3.63, 3.8) is 0 Å². The Hall–Kier alpha value is -2.44. The number of aromatic nitrogens is 4. The van der Waals surface area contributed by atoms with Crippen LogP contribution in [-0.4, -0.2) is 33.1 Å². The zero-order valence-corrected chi connectivity index (χ0v) is 8.20. The molecule has 0 atom stereocenters. The Labute approximate surface area is 90.8 Å². The minimum atomic E-state index is -0.467. The molecule has 7 heteroatoms. The van der Waals surface area contributed by atoms with E-state index in [-0.39, 0.29) is 12.6 Å². The van der Waals surface area contributed by atoms with Crippen LogP contribution in [0.3, 0.4) is 0 Å². The number of rotatable bonds is 4. The number of tetrazole rings is 1. The van der Waals surface area contributed by atoms with Crippen LogP contribution in [0.5, 0.6) is 5.75 Å². The smallest absolute Gasteiger partial charge is 0.288 e. The fourth-order valence-electron chi connectivity index (χ4n) is 1.01. The fourth-order valence-corrected chi connectivity index (χ4v) is 1.01. The zero-order chi connectivity index (χ0) is 11.2. The van der Waals surface area contributed by atoms with Gasteiger partial charge in [-0.3, -0.25) is 0 Å². The highest BCUT2D eigenvalue weighted by atomic mass is 16.5. The van der Waals surface area contributed by atoms with Crippen LogP contribution >= 0.6 is 0 Å². The summed E-state index contributed by atoms with van der Waals surface area (Å²) in [6.07, 6.45) is 0. The number of aliphatic imine (C=N–C) groups is 1. The van der Waals surface area contributed by atoms with E-state index in [1.807, 2.05) is 18.2 Å². The molecular weight excluding hydrogens is 210 g/mol. The van der Waals surface area contributed by atoms with Gasteiger partial charge in [-0.2, -0.15) is 5.21 Å². The van der Waals surface area contributed by atoms with Crippen molar-refractivity contribution in [3.05, 3.63) is 30.3 Å². The molecule has 0 amide bonds. The maximum absolute atomic E-state index is 11.3. The predicted molar refractivity (Wildman–Crippen MR) is 53.2 cm³/mol. The molecule has 2 rings (SSSR count). The number of hydrogen-bond donors (Lipinski definition) is 1. The summed E-state index contributed by atoms with van der Waals surface area (Å²) in [5.41, 5.74) is 0. The molecule has 1 aromatic carbocycles. The molecule has 82 valence electrons. The van der Waals surface area contributed by atoms with Crippen molar-refractivity contribution in [1.82, 2.24) is 20.6 Å². The van der Waals surface area contributed by atoms with Gasteiger partial charge in [0.15, 0.2) is 0 Å². The first kappa shape index (κ1) is 10.1. The van der Waals surface area contributed by atoms with Crippen LogP contribution < -0.4 is 9.84 Å². The van der Waals surface area contributed by atoms with E-state index in [1.54, 1.807) is 12.1 Å². The van der Waals surface area contributed by atoms with Gasteiger partial charge in [-0.25, -0.2) is 4.99 Å². The van der Waals surface area contributed by atoms with E-state index in [2.05, 4.69) is 25.6 Å². The lowest BCUT2D eigenvalue weighted by Crippen LogP contribution is -2.25. The van der Waals surface area contributed by atoms with Crippen molar-refractivity contribution in [2.45, 2.75) is 0 Å². The maximum Gasteiger partial charge on any atom is 0.288 e. The third-order valence-electron chi connectivity index (χ3n) is 1.66. The highest BCUT2D eigenvalue weighted by Crippen LogP contribution is 2.07. The summed E-state index contributed by atoms with van der Waals surface area (Å²) < 4.78 is 5.19. The van der Waals surface area contributed by atoms with E-state index in [1.165, 1.54) is 0 Å². The number of para-hydroxylation sites is 1. The molecule has 0 saturated carbocycles. The Morgan fingerprint density at radius 2 is 2.19 bits per heavy atom.